The summed E-state index contributed by atoms with van der Waals surface area (Å²) in [5.74, 6) is 0. The van der Waals surface area contributed by atoms with E-state index in [2.05, 4.69) is 5.10 Å². The van der Waals surface area contributed by atoms with Crippen molar-refractivity contribution in [2.45, 2.75) is 18.4 Å². The summed E-state index contributed by atoms with van der Waals surface area (Å²) in [7, 11) is -3.66. The van der Waals surface area contributed by atoms with Crippen LogP contribution in [0.3, 0.4) is 0 Å². The van der Waals surface area contributed by atoms with Crippen molar-refractivity contribution >= 4 is 10.0 Å². The van der Waals surface area contributed by atoms with Gasteiger partial charge in [0.25, 0.3) is 0 Å². The third-order valence-electron chi connectivity index (χ3n) is 2.40. The number of nitrogens with two attached hydrogens (primary N) is 1. The summed E-state index contributed by atoms with van der Waals surface area (Å²) < 4.78 is 23.7. The quantitative estimate of drug-likeness (QED) is 0.879. The maximum atomic E-state index is 11.1. The minimum atomic E-state index is -3.66. The van der Waals surface area contributed by atoms with E-state index in [0.717, 1.165) is 5.56 Å². The summed E-state index contributed by atoms with van der Waals surface area (Å²) in [6.07, 6.45) is 2.68. The van der Waals surface area contributed by atoms with Crippen molar-refractivity contribution in [3.8, 4) is 0 Å². The van der Waals surface area contributed by atoms with Gasteiger partial charge < -0.3 is 0 Å². The first-order valence-corrected chi connectivity index (χ1v) is 6.60. The zero-order valence-electron chi connectivity index (χ0n) is 9.37. The van der Waals surface area contributed by atoms with Crippen LogP contribution in [0.1, 0.15) is 11.1 Å². The largest absolute Gasteiger partial charge is 0.267 e. The van der Waals surface area contributed by atoms with Gasteiger partial charge in [0, 0.05) is 6.20 Å². The van der Waals surface area contributed by atoms with Gasteiger partial charge in [0.15, 0.2) is 0 Å². The van der Waals surface area contributed by atoms with Crippen molar-refractivity contribution in [2.75, 3.05) is 0 Å². The lowest BCUT2D eigenvalue weighted by Gasteiger charge is -2.01. The summed E-state index contributed by atoms with van der Waals surface area (Å²) in [4.78, 5) is 0.0320. The fourth-order valence-corrected chi connectivity index (χ4v) is 1.92. The molecule has 2 N–H and O–H groups in total. The summed E-state index contributed by atoms with van der Waals surface area (Å²) in [6.45, 7) is 2.53. The molecule has 0 amide bonds. The maximum absolute atomic E-state index is 11.1. The normalized spacial score (nSPS) is 11.6. The predicted octanol–water partition coefficient (Wildman–Crippen LogP) is 0.887. The molecule has 0 saturated heterocycles. The van der Waals surface area contributed by atoms with Crippen LogP contribution < -0.4 is 5.14 Å². The maximum Gasteiger partial charge on any atom is 0.241 e. The van der Waals surface area contributed by atoms with Crippen LogP contribution in [0.4, 0.5) is 0 Å². The lowest BCUT2D eigenvalue weighted by Crippen LogP contribution is -2.11. The van der Waals surface area contributed by atoms with E-state index in [-0.39, 0.29) is 4.90 Å². The second kappa shape index (κ2) is 4.31. The molecule has 0 spiro atoms. The molecule has 0 fully saturated rings. The van der Waals surface area contributed by atoms with Crippen LogP contribution in [0.15, 0.2) is 41.6 Å². The molecule has 6 heteroatoms. The molecule has 0 radical (unpaired) electrons. The molecule has 0 bridgehead atoms. The first kappa shape index (κ1) is 11.8. The van der Waals surface area contributed by atoms with E-state index in [4.69, 9.17) is 5.14 Å². The average Bonchev–Trinajstić information content (AvgIpc) is 2.69. The Labute approximate surface area is 99.9 Å². The van der Waals surface area contributed by atoms with Gasteiger partial charge in [0.2, 0.25) is 10.0 Å². The van der Waals surface area contributed by atoms with E-state index in [0.29, 0.717) is 6.54 Å². The SMILES string of the molecule is Cc1ccc(Cn2cc(S(N)(=O)=O)cn2)cc1. The van der Waals surface area contributed by atoms with Crippen LogP contribution in [-0.2, 0) is 16.6 Å². The van der Waals surface area contributed by atoms with Crippen LogP contribution in [0.5, 0.6) is 0 Å². The molecule has 17 heavy (non-hydrogen) atoms. The van der Waals surface area contributed by atoms with Crippen LogP contribution in [0, 0.1) is 6.92 Å². The number of aryl methyl sites for hydroxylation is 1. The van der Waals surface area contributed by atoms with Gasteiger partial charge in [-0.15, -0.1) is 0 Å². The number of aromatic nitrogens is 2. The third kappa shape index (κ3) is 2.92. The molecule has 2 aromatic rings. The van der Waals surface area contributed by atoms with E-state index in [9.17, 15) is 8.42 Å². The zero-order valence-corrected chi connectivity index (χ0v) is 10.2. The Hall–Kier alpha value is -1.66. The molecule has 0 aliphatic rings. The Morgan fingerprint density at radius 3 is 2.47 bits per heavy atom. The Morgan fingerprint density at radius 2 is 1.94 bits per heavy atom. The number of primary sulfonamides is 1. The molecular formula is C11H13N3O2S. The van der Waals surface area contributed by atoms with Crippen LogP contribution in [-0.4, -0.2) is 18.2 Å². The molecule has 0 aliphatic carbocycles. The van der Waals surface area contributed by atoms with Gasteiger partial charge in [-0.3, -0.25) is 4.68 Å². The predicted molar refractivity (Wildman–Crippen MR) is 63.9 cm³/mol. The molecule has 0 unspecified atom stereocenters. The van der Waals surface area contributed by atoms with Crippen molar-refractivity contribution in [1.82, 2.24) is 9.78 Å². The standard InChI is InChI=1S/C11H13N3O2S/c1-9-2-4-10(5-3-9)7-14-8-11(6-13-14)17(12,15)16/h2-6,8H,7H2,1H3,(H2,12,15,16). The molecule has 2 rings (SSSR count). The number of nitrogens with zero attached hydrogens (tertiary/aromatic N) is 2. The molecular weight excluding hydrogens is 238 g/mol. The highest BCUT2D eigenvalue weighted by Crippen LogP contribution is 2.08. The van der Waals surface area contributed by atoms with Gasteiger partial charge in [0.1, 0.15) is 4.90 Å². The number of hydrogen-bond donors (Lipinski definition) is 1. The van der Waals surface area contributed by atoms with Gasteiger partial charge in [0.05, 0.1) is 12.7 Å². The lowest BCUT2D eigenvalue weighted by atomic mass is 10.1. The van der Waals surface area contributed by atoms with E-state index in [1.807, 2.05) is 31.2 Å². The van der Waals surface area contributed by atoms with Crippen molar-refractivity contribution in [2.24, 2.45) is 5.14 Å². The van der Waals surface area contributed by atoms with E-state index in [1.165, 1.54) is 18.0 Å². The third-order valence-corrected chi connectivity index (χ3v) is 3.27. The fourth-order valence-electron chi connectivity index (χ4n) is 1.46. The summed E-state index contributed by atoms with van der Waals surface area (Å²) >= 11 is 0. The van der Waals surface area contributed by atoms with Crippen molar-refractivity contribution in [1.29, 1.82) is 0 Å². The van der Waals surface area contributed by atoms with E-state index >= 15 is 0 Å². The van der Waals surface area contributed by atoms with E-state index < -0.39 is 10.0 Å². The highest BCUT2D eigenvalue weighted by Gasteiger charge is 2.10. The van der Waals surface area contributed by atoms with Gasteiger partial charge in [-0.05, 0) is 12.5 Å². The molecule has 0 saturated carbocycles. The lowest BCUT2D eigenvalue weighted by molar-refractivity contribution is 0.597. The Morgan fingerprint density at radius 1 is 1.29 bits per heavy atom. The first-order chi connectivity index (χ1) is 7.95. The molecule has 1 aromatic heterocycles. The number of sulfonamides is 1. The van der Waals surface area contributed by atoms with Crippen LogP contribution >= 0.6 is 0 Å². The van der Waals surface area contributed by atoms with Crippen LogP contribution in [0.25, 0.3) is 0 Å². The average molecular weight is 251 g/mol. The summed E-state index contributed by atoms with van der Waals surface area (Å²) in [5, 5.41) is 8.96. The highest BCUT2D eigenvalue weighted by molar-refractivity contribution is 7.89. The van der Waals surface area contributed by atoms with Gasteiger partial charge >= 0.3 is 0 Å². The molecule has 0 atom stereocenters. The summed E-state index contributed by atoms with van der Waals surface area (Å²) in [5.41, 5.74) is 2.24. The van der Waals surface area contributed by atoms with Crippen molar-refractivity contribution in [3.05, 3.63) is 47.8 Å². The van der Waals surface area contributed by atoms with Crippen molar-refractivity contribution in [3.63, 3.8) is 0 Å². The van der Waals surface area contributed by atoms with Gasteiger partial charge in [-0.2, -0.15) is 5.10 Å². The minimum absolute atomic E-state index is 0.0320. The van der Waals surface area contributed by atoms with E-state index in [1.54, 1.807) is 4.68 Å². The monoisotopic (exact) mass is 251 g/mol. The second-order valence-corrected chi connectivity index (χ2v) is 5.47. The summed E-state index contributed by atoms with van der Waals surface area (Å²) in [6, 6.07) is 7.96. The number of rotatable bonds is 3. The van der Waals surface area contributed by atoms with Crippen molar-refractivity contribution < 1.29 is 8.42 Å². The van der Waals surface area contributed by atoms with Gasteiger partial charge in [-0.1, -0.05) is 29.8 Å². The Bertz CT molecular complexity index is 614. The first-order valence-electron chi connectivity index (χ1n) is 5.06. The second-order valence-electron chi connectivity index (χ2n) is 3.90. The molecule has 5 nitrogen and oxygen atoms in total. The highest BCUT2D eigenvalue weighted by atomic mass is 32.2. The molecule has 1 heterocycles. The topological polar surface area (TPSA) is 78.0 Å². The van der Waals surface area contributed by atoms with Crippen LogP contribution in [0.2, 0.25) is 0 Å². The fraction of sp³-hybridized carbons (Fsp3) is 0.182. The Kier molecular flexibility index (Phi) is 2.99. The molecule has 0 aliphatic heterocycles. The zero-order chi connectivity index (χ0) is 12.5. The Balaban J connectivity index is 2.20. The molecule has 1 aromatic carbocycles. The number of hydrogen-bond acceptors (Lipinski definition) is 3. The van der Waals surface area contributed by atoms with Gasteiger partial charge in [-0.25, -0.2) is 13.6 Å². The minimum Gasteiger partial charge on any atom is -0.267 e. The molecule has 90 valence electrons. The smallest absolute Gasteiger partial charge is 0.241 e. The number of benzene rings is 1.